The third-order valence-corrected chi connectivity index (χ3v) is 3.84. The van der Waals surface area contributed by atoms with Crippen LogP contribution in [0.2, 0.25) is 0 Å². The Morgan fingerprint density at radius 1 is 1.21 bits per heavy atom. The highest BCUT2D eigenvalue weighted by Gasteiger charge is 2.11. The Bertz CT molecular complexity index is 527. The van der Waals surface area contributed by atoms with Gasteiger partial charge in [0.25, 0.3) is 0 Å². The maximum atomic E-state index is 11.2. The van der Waals surface area contributed by atoms with E-state index in [0.717, 1.165) is 18.5 Å². The van der Waals surface area contributed by atoms with Crippen LogP contribution >= 0.6 is 0 Å². The molecule has 19 heavy (non-hydrogen) atoms. The van der Waals surface area contributed by atoms with Gasteiger partial charge in [0.1, 0.15) is 0 Å². The van der Waals surface area contributed by atoms with Gasteiger partial charge in [-0.15, -0.1) is 0 Å². The fourth-order valence-corrected chi connectivity index (χ4v) is 2.32. The van der Waals surface area contributed by atoms with Gasteiger partial charge in [0.15, 0.2) is 0 Å². The summed E-state index contributed by atoms with van der Waals surface area (Å²) < 4.78 is 22.4. The molecule has 6 heteroatoms. The van der Waals surface area contributed by atoms with E-state index in [4.69, 9.17) is 10.9 Å². The Balaban J connectivity index is 2.75. The minimum Gasteiger partial charge on any atom is -0.397 e. The van der Waals surface area contributed by atoms with Crippen molar-refractivity contribution in [3.8, 4) is 0 Å². The molecular weight excluding hydrogens is 262 g/mol. The molecule has 0 bridgehead atoms. The van der Waals surface area contributed by atoms with Crippen molar-refractivity contribution in [2.24, 2.45) is 11.1 Å². The molecule has 108 valence electrons. The molecule has 1 atom stereocenters. The molecule has 0 spiro atoms. The van der Waals surface area contributed by atoms with Gasteiger partial charge in [0, 0.05) is 6.04 Å². The standard InChI is InChI=1S/C13H23N3O2S/c1-9(2)4-5-10(3)16-13-7-6-11(8-12(13)14)19(15,17)18/h6-10,16H,4-5,14H2,1-3H3,(H2,15,17,18). The lowest BCUT2D eigenvalue weighted by Gasteiger charge is -2.18. The van der Waals surface area contributed by atoms with Gasteiger partial charge in [-0.05, 0) is 43.9 Å². The number of hydrogen-bond donors (Lipinski definition) is 3. The molecule has 1 aromatic carbocycles. The maximum absolute atomic E-state index is 11.2. The summed E-state index contributed by atoms with van der Waals surface area (Å²) in [5.41, 5.74) is 6.97. The first-order valence-electron chi connectivity index (χ1n) is 6.39. The molecule has 0 aliphatic rings. The molecule has 5 N–H and O–H groups in total. The first kappa shape index (κ1) is 15.8. The fraction of sp³-hybridized carbons (Fsp3) is 0.538. The molecule has 1 unspecified atom stereocenters. The quantitative estimate of drug-likeness (QED) is 0.697. The lowest BCUT2D eigenvalue weighted by Crippen LogP contribution is -2.17. The second-order valence-corrected chi connectivity index (χ2v) is 6.87. The van der Waals surface area contributed by atoms with E-state index in [2.05, 4.69) is 26.1 Å². The van der Waals surface area contributed by atoms with Crippen molar-refractivity contribution in [3.63, 3.8) is 0 Å². The van der Waals surface area contributed by atoms with Gasteiger partial charge in [-0.3, -0.25) is 0 Å². The van der Waals surface area contributed by atoms with Crippen molar-refractivity contribution in [2.45, 2.75) is 44.6 Å². The molecular formula is C13H23N3O2S. The third-order valence-electron chi connectivity index (χ3n) is 2.93. The smallest absolute Gasteiger partial charge is 0.238 e. The van der Waals surface area contributed by atoms with Gasteiger partial charge < -0.3 is 11.1 Å². The van der Waals surface area contributed by atoms with Gasteiger partial charge in [-0.25, -0.2) is 13.6 Å². The summed E-state index contributed by atoms with van der Waals surface area (Å²) in [7, 11) is -3.70. The number of benzene rings is 1. The Morgan fingerprint density at radius 2 is 1.84 bits per heavy atom. The zero-order valence-electron chi connectivity index (χ0n) is 11.7. The summed E-state index contributed by atoms with van der Waals surface area (Å²) in [5.74, 6) is 0.659. The summed E-state index contributed by atoms with van der Waals surface area (Å²) in [4.78, 5) is 0.0328. The predicted octanol–water partition coefficient (Wildman–Crippen LogP) is 2.15. The van der Waals surface area contributed by atoms with Crippen molar-refractivity contribution in [1.82, 2.24) is 0 Å². The molecule has 0 amide bonds. The second-order valence-electron chi connectivity index (χ2n) is 5.31. The van der Waals surface area contributed by atoms with Gasteiger partial charge in [0.05, 0.1) is 16.3 Å². The molecule has 5 nitrogen and oxygen atoms in total. The number of rotatable bonds is 6. The summed E-state index contributed by atoms with van der Waals surface area (Å²) in [6.07, 6.45) is 2.16. The molecule has 0 fully saturated rings. The molecule has 0 aliphatic heterocycles. The van der Waals surface area contributed by atoms with Crippen molar-refractivity contribution < 1.29 is 8.42 Å². The summed E-state index contributed by atoms with van der Waals surface area (Å²) in [6, 6.07) is 4.78. The molecule has 0 aliphatic carbocycles. The summed E-state index contributed by atoms with van der Waals surface area (Å²) in [6.45, 7) is 6.44. The number of sulfonamides is 1. The van der Waals surface area contributed by atoms with Crippen molar-refractivity contribution in [3.05, 3.63) is 18.2 Å². The van der Waals surface area contributed by atoms with E-state index in [0.29, 0.717) is 11.6 Å². The Labute approximate surface area is 115 Å². The van der Waals surface area contributed by atoms with Crippen molar-refractivity contribution >= 4 is 21.4 Å². The van der Waals surface area contributed by atoms with Crippen LogP contribution in [0.5, 0.6) is 0 Å². The highest BCUT2D eigenvalue weighted by molar-refractivity contribution is 7.89. The SMILES string of the molecule is CC(C)CCC(C)Nc1ccc(S(N)(=O)=O)cc1N. The average Bonchev–Trinajstić information content (AvgIpc) is 2.27. The van der Waals surface area contributed by atoms with Gasteiger partial charge in [-0.2, -0.15) is 0 Å². The van der Waals surface area contributed by atoms with E-state index in [1.165, 1.54) is 12.1 Å². The van der Waals surface area contributed by atoms with E-state index < -0.39 is 10.0 Å². The number of hydrogen-bond acceptors (Lipinski definition) is 4. The van der Waals surface area contributed by atoms with E-state index in [1.54, 1.807) is 6.07 Å². The van der Waals surface area contributed by atoms with Crippen LogP contribution in [0.15, 0.2) is 23.1 Å². The highest BCUT2D eigenvalue weighted by atomic mass is 32.2. The second kappa shape index (κ2) is 6.25. The minimum absolute atomic E-state index is 0.0328. The monoisotopic (exact) mass is 285 g/mol. The average molecular weight is 285 g/mol. The van der Waals surface area contributed by atoms with Gasteiger partial charge in [0.2, 0.25) is 10.0 Å². The number of nitrogen functional groups attached to an aromatic ring is 1. The maximum Gasteiger partial charge on any atom is 0.238 e. The summed E-state index contributed by atoms with van der Waals surface area (Å²) >= 11 is 0. The van der Waals surface area contributed by atoms with Crippen LogP contribution in [0, 0.1) is 5.92 Å². The molecule has 0 radical (unpaired) electrons. The van der Waals surface area contributed by atoms with Crippen LogP contribution in [0.4, 0.5) is 11.4 Å². The van der Waals surface area contributed by atoms with E-state index >= 15 is 0 Å². The van der Waals surface area contributed by atoms with E-state index in [-0.39, 0.29) is 10.9 Å². The third kappa shape index (κ3) is 5.08. The predicted molar refractivity (Wildman–Crippen MR) is 79.4 cm³/mol. The van der Waals surface area contributed by atoms with Crippen LogP contribution in [0.25, 0.3) is 0 Å². The normalized spacial score (nSPS) is 13.5. The molecule has 0 aromatic heterocycles. The first-order valence-corrected chi connectivity index (χ1v) is 7.93. The summed E-state index contributed by atoms with van der Waals surface area (Å²) in [5, 5.41) is 8.34. The Morgan fingerprint density at radius 3 is 2.32 bits per heavy atom. The Hall–Kier alpha value is -1.27. The lowest BCUT2D eigenvalue weighted by molar-refractivity contribution is 0.528. The van der Waals surface area contributed by atoms with Crippen LogP contribution in [-0.4, -0.2) is 14.5 Å². The minimum atomic E-state index is -3.70. The largest absolute Gasteiger partial charge is 0.397 e. The Kier molecular flexibility index (Phi) is 5.20. The number of nitrogens with two attached hydrogens (primary N) is 2. The fourth-order valence-electron chi connectivity index (χ4n) is 1.77. The zero-order valence-corrected chi connectivity index (χ0v) is 12.5. The van der Waals surface area contributed by atoms with Crippen LogP contribution in [0.3, 0.4) is 0 Å². The lowest BCUT2D eigenvalue weighted by atomic mass is 10.0. The molecule has 1 rings (SSSR count). The molecule has 1 aromatic rings. The van der Waals surface area contributed by atoms with E-state index in [1.807, 2.05) is 0 Å². The topological polar surface area (TPSA) is 98.2 Å². The van der Waals surface area contributed by atoms with Crippen LogP contribution in [0.1, 0.15) is 33.6 Å². The van der Waals surface area contributed by atoms with Gasteiger partial charge >= 0.3 is 0 Å². The van der Waals surface area contributed by atoms with Gasteiger partial charge in [-0.1, -0.05) is 13.8 Å². The molecule has 0 saturated heterocycles. The number of nitrogens with one attached hydrogen (secondary N) is 1. The first-order chi connectivity index (χ1) is 8.70. The van der Waals surface area contributed by atoms with E-state index in [9.17, 15) is 8.42 Å². The van der Waals surface area contributed by atoms with Crippen molar-refractivity contribution in [2.75, 3.05) is 11.1 Å². The zero-order chi connectivity index (χ0) is 14.6. The van der Waals surface area contributed by atoms with Crippen LogP contribution < -0.4 is 16.2 Å². The number of anilines is 2. The molecule has 0 heterocycles. The van der Waals surface area contributed by atoms with Crippen LogP contribution in [-0.2, 0) is 10.0 Å². The highest BCUT2D eigenvalue weighted by Crippen LogP contribution is 2.23. The number of primary sulfonamides is 1. The van der Waals surface area contributed by atoms with Crippen molar-refractivity contribution in [1.29, 1.82) is 0 Å². The molecule has 0 saturated carbocycles.